The molecule has 0 aromatic heterocycles. The summed E-state index contributed by atoms with van der Waals surface area (Å²) in [6.07, 6.45) is 10.3. The van der Waals surface area contributed by atoms with Gasteiger partial charge in [-0.15, -0.1) is 0 Å². The number of allylic oxidation sites excluding steroid dienone is 1. The fourth-order valence-corrected chi connectivity index (χ4v) is 5.10. The average Bonchev–Trinajstić information content (AvgIpc) is 2.81. The van der Waals surface area contributed by atoms with Gasteiger partial charge in [0.25, 0.3) is 0 Å². The second-order valence-corrected chi connectivity index (χ2v) is 10.9. The number of hydrogen-bond acceptors (Lipinski definition) is 6. The molecule has 2 heterocycles. The molecule has 8 atom stereocenters. The molecule has 5 N–H and O–H groups in total. The quantitative estimate of drug-likeness (QED) is 0.249. The molecule has 2 saturated heterocycles. The molecule has 0 aromatic carbocycles. The van der Waals surface area contributed by atoms with Crippen molar-refractivity contribution in [3.63, 3.8) is 0 Å². The molecule has 1 spiro atoms. The predicted molar refractivity (Wildman–Crippen MR) is 135 cm³/mol. The number of hydrogen-bond donors (Lipinski definition) is 4. The minimum atomic E-state index is -0.806. The molecule has 2 rings (SSSR count). The Labute approximate surface area is 206 Å². The molecule has 0 radical (unpaired) electrons. The van der Waals surface area contributed by atoms with Gasteiger partial charge in [-0.05, 0) is 76.2 Å². The number of amides is 1. The maximum atomic E-state index is 12.1. The van der Waals surface area contributed by atoms with Gasteiger partial charge in [-0.3, -0.25) is 4.79 Å². The smallest absolute Gasteiger partial charge is 0.225 e. The zero-order valence-corrected chi connectivity index (χ0v) is 22.1. The fourth-order valence-electron chi connectivity index (χ4n) is 5.10. The number of aliphatic hydroxyl groups excluding tert-OH is 2. The van der Waals surface area contributed by atoms with Crippen molar-refractivity contribution >= 4 is 5.91 Å². The Kier molecular flexibility index (Phi) is 12.0. The molecular formula is C27H50N2O5. The van der Waals surface area contributed by atoms with Crippen LogP contribution in [0, 0.1) is 17.8 Å². The highest BCUT2D eigenvalue weighted by Gasteiger charge is 2.44. The zero-order valence-electron chi connectivity index (χ0n) is 22.1. The number of nitrogens with one attached hydrogen (secondary N) is 1. The molecule has 198 valence electrons. The first-order chi connectivity index (χ1) is 16.1. The van der Waals surface area contributed by atoms with Crippen LogP contribution in [0.5, 0.6) is 0 Å². The first kappa shape index (κ1) is 29.2. The Bertz CT molecular complexity index is 655. The first-order valence-electron chi connectivity index (χ1n) is 13.4. The number of carbonyl (C=O) groups excluding carboxylic acids is 1. The van der Waals surface area contributed by atoms with Gasteiger partial charge in [-0.1, -0.05) is 26.8 Å². The minimum Gasteiger partial charge on any atom is -0.391 e. The van der Waals surface area contributed by atoms with Gasteiger partial charge in [0.2, 0.25) is 5.91 Å². The molecule has 2 aliphatic rings. The molecule has 0 bridgehead atoms. The molecule has 7 nitrogen and oxygen atoms in total. The summed E-state index contributed by atoms with van der Waals surface area (Å²) in [5.41, 5.74) is 6.48. The topological polar surface area (TPSA) is 114 Å². The third-order valence-corrected chi connectivity index (χ3v) is 7.79. The van der Waals surface area contributed by atoms with E-state index in [4.69, 9.17) is 15.2 Å². The van der Waals surface area contributed by atoms with Gasteiger partial charge in [0.15, 0.2) is 5.79 Å². The van der Waals surface area contributed by atoms with Gasteiger partial charge >= 0.3 is 0 Å². The van der Waals surface area contributed by atoms with Gasteiger partial charge in [0.1, 0.15) is 0 Å². The molecule has 1 amide bonds. The van der Waals surface area contributed by atoms with Crippen LogP contribution in [0.4, 0.5) is 0 Å². The predicted octanol–water partition coefficient (Wildman–Crippen LogP) is 3.66. The lowest BCUT2D eigenvalue weighted by atomic mass is 9.85. The molecule has 1 unspecified atom stereocenters. The highest BCUT2D eigenvalue weighted by atomic mass is 16.7. The largest absolute Gasteiger partial charge is 0.391 e. The van der Waals surface area contributed by atoms with E-state index in [1.165, 1.54) is 0 Å². The van der Waals surface area contributed by atoms with E-state index < -0.39 is 17.8 Å². The third kappa shape index (κ3) is 8.90. The number of carbonyl (C=O) groups is 1. The van der Waals surface area contributed by atoms with E-state index in [0.29, 0.717) is 18.4 Å². The Hall–Kier alpha value is -0.990. The summed E-state index contributed by atoms with van der Waals surface area (Å²) in [4.78, 5) is 12.1. The monoisotopic (exact) mass is 482 g/mol. The Morgan fingerprint density at radius 2 is 1.91 bits per heavy atom. The van der Waals surface area contributed by atoms with Crippen molar-refractivity contribution in [3.8, 4) is 0 Å². The normalized spacial score (nSPS) is 31.6. The number of nitrogens with two attached hydrogens (primary N) is 1. The molecule has 0 aromatic rings. The van der Waals surface area contributed by atoms with Crippen LogP contribution in [-0.4, -0.2) is 59.4 Å². The van der Waals surface area contributed by atoms with E-state index in [2.05, 4.69) is 25.2 Å². The van der Waals surface area contributed by atoms with Gasteiger partial charge < -0.3 is 30.7 Å². The van der Waals surface area contributed by atoms with Crippen molar-refractivity contribution in [2.24, 2.45) is 23.5 Å². The van der Waals surface area contributed by atoms with E-state index in [1.807, 2.05) is 13.8 Å². The summed E-state index contributed by atoms with van der Waals surface area (Å²) in [5, 5.41) is 22.4. The Morgan fingerprint density at radius 1 is 1.18 bits per heavy atom. The van der Waals surface area contributed by atoms with Crippen LogP contribution in [-0.2, 0) is 14.3 Å². The van der Waals surface area contributed by atoms with E-state index in [1.54, 1.807) is 6.92 Å². The first-order valence-corrected chi connectivity index (χ1v) is 13.4. The highest BCUT2D eigenvalue weighted by Crippen LogP contribution is 2.43. The molecule has 0 saturated carbocycles. The van der Waals surface area contributed by atoms with Crippen LogP contribution in [0.1, 0.15) is 92.4 Å². The zero-order chi connectivity index (χ0) is 25.3. The molecular weight excluding hydrogens is 432 g/mol. The minimum absolute atomic E-state index is 0.0855. The Balaban J connectivity index is 1.81. The second kappa shape index (κ2) is 13.9. The van der Waals surface area contributed by atoms with Gasteiger partial charge in [-0.25, -0.2) is 0 Å². The molecule has 2 fully saturated rings. The molecule has 7 heteroatoms. The summed E-state index contributed by atoms with van der Waals surface area (Å²) in [7, 11) is 0. The van der Waals surface area contributed by atoms with Crippen LogP contribution in [0.3, 0.4) is 0 Å². The standard InChI is InChI=1S/C27H50N2O5/c1-18(16-20(3)22(5)30)10-11-23-8-6-13-27(33-23)14-12-19(2)25(34-27)9-7-15-29-26(32)21(4)24(31)17-28/h16,18-19,21-25,30-31H,6-15,17,28H2,1-5H3,(H,29,32)/b20-16+/t18-,19?,21-,22-,23-,24-,25+,27-/m0/s1. The van der Waals surface area contributed by atoms with E-state index >= 15 is 0 Å². The van der Waals surface area contributed by atoms with Crippen molar-refractivity contribution in [2.75, 3.05) is 13.1 Å². The molecule has 34 heavy (non-hydrogen) atoms. The summed E-state index contributed by atoms with van der Waals surface area (Å²) in [6.45, 7) is 10.6. The van der Waals surface area contributed by atoms with Crippen LogP contribution in [0.25, 0.3) is 0 Å². The van der Waals surface area contributed by atoms with Crippen molar-refractivity contribution in [2.45, 2.75) is 123 Å². The summed E-state index contributed by atoms with van der Waals surface area (Å²) < 4.78 is 13.2. The maximum absolute atomic E-state index is 12.1. The third-order valence-electron chi connectivity index (χ3n) is 7.79. The lowest BCUT2D eigenvalue weighted by Gasteiger charge is -2.48. The summed E-state index contributed by atoms with van der Waals surface area (Å²) in [5.74, 6) is -0.229. The van der Waals surface area contributed by atoms with Crippen LogP contribution >= 0.6 is 0 Å². The summed E-state index contributed by atoms with van der Waals surface area (Å²) >= 11 is 0. The lowest BCUT2D eigenvalue weighted by molar-refractivity contribution is -0.324. The molecule has 2 aliphatic heterocycles. The second-order valence-electron chi connectivity index (χ2n) is 10.9. The van der Waals surface area contributed by atoms with Crippen molar-refractivity contribution in [3.05, 3.63) is 11.6 Å². The Morgan fingerprint density at radius 3 is 2.59 bits per heavy atom. The average molecular weight is 483 g/mol. The van der Waals surface area contributed by atoms with Crippen LogP contribution in [0.2, 0.25) is 0 Å². The number of rotatable bonds is 12. The van der Waals surface area contributed by atoms with E-state index in [-0.39, 0.29) is 30.8 Å². The van der Waals surface area contributed by atoms with Gasteiger partial charge in [0, 0.05) is 25.9 Å². The maximum Gasteiger partial charge on any atom is 0.225 e. The molecule has 0 aliphatic carbocycles. The van der Waals surface area contributed by atoms with Crippen molar-refractivity contribution < 1.29 is 24.5 Å². The highest BCUT2D eigenvalue weighted by molar-refractivity contribution is 5.78. The number of ether oxygens (including phenoxy) is 2. The van der Waals surface area contributed by atoms with Gasteiger partial charge in [-0.2, -0.15) is 0 Å². The van der Waals surface area contributed by atoms with E-state index in [9.17, 15) is 15.0 Å². The van der Waals surface area contributed by atoms with Gasteiger partial charge in [0.05, 0.1) is 30.3 Å². The van der Waals surface area contributed by atoms with E-state index in [0.717, 1.165) is 63.4 Å². The lowest BCUT2D eigenvalue weighted by Crippen LogP contribution is -2.50. The number of aliphatic hydroxyl groups is 2. The van der Waals surface area contributed by atoms with Crippen molar-refractivity contribution in [1.29, 1.82) is 0 Å². The van der Waals surface area contributed by atoms with Crippen molar-refractivity contribution in [1.82, 2.24) is 5.32 Å². The van der Waals surface area contributed by atoms with Crippen LogP contribution < -0.4 is 11.1 Å². The van der Waals surface area contributed by atoms with Crippen LogP contribution in [0.15, 0.2) is 11.6 Å². The SMILES string of the molecule is C/C(=C\[C@@H](C)CC[C@@H]1CCC[C@]2(CCC(C)[C@@H](CCCNC(=O)[C@@H](C)[C@@H](O)CN)O2)O1)[C@H](C)O. The fraction of sp³-hybridized carbons (Fsp3) is 0.889. The summed E-state index contributed by atoms with van der Waals surface area (Å²) in [6, 6.07) is 0.